The third-order valence-corrected chi connectivity index (χ3v) is 4.10. The van der Waals surface area contributed by atoms with Gasteiger partial charge in [0.05, 0.1) is 0 Å². The number of benzene rings is 2. The third kappa shape index (κ3) is 11.5. The van der Waals surface area contributed by atoms with Gasteiger partial charge in [-0.05, 0) is 26.7 Å². The Bertz CT molecular complexity index is 811. The summed E-state index contributed by atoms with van der Waals surface area (Å²) >= 11 is 0. The molecule has 30 heavy (non-hydrogen) atoms. The fourth-order valence-corrected chi connectivity index (χ4v) is 2.42. The Morgan fingerprint density at radius 3 is 1.77 bits per heavy atom. The van der Waals surface area contributed by atoms with E-state index in [1.165, 1.54) is 5.56 Å². The summed E-state index contributed by atoms with van der Waals surface area (Å²) in [5, 5.41) is 8.42. The van der Waals surface area contributed by atoms with Crippen molar-refractivity contribution in [3.63, 3.8) is 0 Å². The standard InChI is InChI=1S/C12H14O3.C7H8.C5H6O3/c1-9-5-7-10(8-6-9)11(13)3-2-4-12(14)15;1-7-5-3-2-4-6-7;6-4-2-1-3-5(7)8-4/h5-8H,2-4H2,1H3,(H,14,15);2-6H,1H3;1-3H2. The van der Waals surface area contributed by atoms with E-state index >= 15 is 0 Å². The van der Waals surface area contributed by atoms with Crippen molar-refractivity contribution in [2.75, 3.05) is 0 Å². The Balaban J connectivity index is 0.000000250. The van der Waals surface area contributed by atoms with E-state index in [0.29, 0.717) is 37.7 Å². The van der Waals surface area contributed by atoms with Crippen LogP contribution in [0.25, 0.3) is 0 Å². The summed E-state index contributed by atoms with van der Waals surface area (Å²) in [5.41, 5.74) is 3.09. The highest BCUT2D eigenvalue weighted by Gasteiger charge is 2.15. The monoisotopic (exact) mass is 412 g/mol. The molecule has 0 atom stereocenters. The molecule has 1 N–H and O–H groups in total. The van der Waals surface area contributed by atoms with Crippen molar-refractivity contribution in [2.45, 2.75) is 52.4 Å². The van der Waals surface area contributed by atoms with Gasteiger partial charge in [-0.25, -0.2) is 0 Å². The molecule has 0 unspecified atom stereocenters. The Morgan fingerprint density at radius 2 is 1.37 bits per heavy atom. The molecule has 6 heteroatoms. The van der Waals surface area contributed by atoms with Gasteiger partial charge in [-0.2, -0.15) is 0 Å². The first-order valence-electron chi connectivity index (χ1n) is 9.84. The molecule has 1 aliphatic heterocycles. The summed E-state index contributed by atoms with van der Waals surface area (Å²) < 4.78 is 4.21. The maximum absolute atomic E-state index is 11.5. The highest BCUT2D eigenvalue weighted by atomic mass is 16.6. The number of carboxylic acid groups (broad SMARTS) is 1. The molecule has 0 spiro atoms. The van der Waals surface area contributed by atoms with Gasteiger partial charge in [0.25, 0.3) is 0 Å². The van der Waals surface area contributed by atoms with Gasteiger partial charge >= 0.3 is 17.9 Å². The first-order chi connectivity index (χ1) is 14.3. The zero-order valence-electron chi connectivity index (χ0n) is 17.4. The molecule has 0 aliphatic carbocycles. The summed E-state index contributed by atoms with van der Waals surface area (Å²) in [6.45, 7) is 4.04. The summed E-state index contributed by atoms with van der Waals surface area (Å²) in [5.74, 6) is -1.62. The largest absolute Gasteiger partial charge is 0.481 e. The van der Waals surface area contributed by atoms with Crippen LogP contribution in [0.5, 0.6) is 0 Å². The molecule has 1 saturated heterocycles. The van der Waals surface area contributed by atoms with Crippen molar-refractivity contribution in [3.8, 4) is 0 Å². The van der Waals surface area contributed by atoms with Crippen LogP contribution >= 0.6 is 0 Å². The molecule has 160 valence electrons. The molecule has 2 aromatic rings. The van der Waals surface area contributed by atoms with Crippen LogP contribution in [0.1, 0.15) is 60.0 Å². The molecule has 3 rings (SSSR count). The van der Waals surface area contributed by atoms with E-state index in [1.54, 1.807) is 12.1 Å². The average Bonchev–Trinajstić information content (AvgIpc) is 2.69. The number of aryl methyl sites for hydroxylation is 2. The molecule has 1 heterocycles. The lowest BCUT2D eigenvalue weighted by atomic mass is 10.0. The van der Waals surface area contributed by atoms with Crippen molar-refractivity contribution >= 4 is 23.7 Å². The topological polar surface area (TPSA) is 97.7 Å². The highest BCUT2D eigenvalue weighted by Crippen LogP contribution is 2.08. The molecule has 1 aliphatic rings. The molecule has 6 nitrogen and oxygen atoms in total. The van der Waals surface area contributed by atoms with E-state index < -0.39 is 5.97 Å². The molecule has 1 fully saturated rings. The van der Waals surface area contributed by atoms with E-state index in [4.69, 9.17) is 5.11 Å². The lowest BCUT2D eigenvalue weighted by molar-refractivity contribution is -0.163. The van der Waals surface area contributed by atoms with Crippen LogP contribution < -0.4 is 0 Å². The van der Waals surface area contributed by atoms with Gasteiger partial charge in [-0.15, -0.1) is 0 Å². The van der Waals surface area contributed by atoms with Gasteiger partial charge in [0.15, 0.2) is 5.78 Å². The number of hydrogen-bond acceptors (Lipinski definition) is 5. The minimum atomic E-state index is -0.855. The van der Waals surface area contributed by atoms with Gasteiger partial charge in [0.1, 0.15) is 0 Å². The minimum absolute atomic E-state index is 0.0104. The fourth-order valence-electron chi connectivity index (χ4n) is 2.42. The van der Waals surface area contributed by atoms with Crippen molar-refractivity contribution in [3.05, 3.63) is 71.3 Å². The Morgan fingerprint density at radius 1 is 0.833 bits per heavy atom. The average molecular weight is 412 g/mol. The van der Waals surface area contributed by atoms with Crippen molar-refractivity contribution in [1.29, 1.82) is 0 Å². The predicted molar refractivity (Wildman–Crippen MR) is 113 cm³/mol. The van der Waals surface area contributed by atoms with E-state index in [0.717, 1.165) is 5.56 Å². The normalized spacial score (nSPS) is 12.5. The van der Waals surface area contributed by atoms with Crippen LogP contribution in [0.3, 0.4) is 0 Å². The second-order valence-corrected chi connectivity index (χ2v) is 6.89. The van der Waals surface area contributed by atoms with Gasteiger partial charge in [-0.3, -0.25) is 19.2 Å². The van der Waals surface area contributed by atoms with E-state index in [9.17, 15) is 19.2 Å². The number of ether oxygens (including phenoxy) is 1. The van der Waals surface area contributed by atoms with Gasteiger partial charge < -0.3 is 9.84 Å². The number of aliphatic carboxylic acids is 1. The van der Waals surface area contributed by atoms with Gasteiger partial charge in [0.2, 0.25) is 0 Å². The zero-order chi connectivity index (χ0) is 22.4. The van der Waals surface area contributed by atoms with Gasteiger partial charge in [0, 0.05) is 31.2 Å². The van der Waals surface area contributed by atoms with Crippen LogP contribution in [-0.2, 0) is 19.1 Å². The second-order valence-electron chi connectivity index (χ2n) is 6.89. The minimum Gasteiger partial charge on any atom is -0.481 e. The van der Waals surface area contributed by atoms with Crippen LogP contribution in [-0.4, -0.2) is 28.8 Å². The number of rotatable bonds is 5. The molecule has 0 radical (unpaired) electrons. The van der Waals surface area contributed by atoms with Crippen LogP contribution in [0, 0.1) is 13.8 Å². The van der Waals surface area contributed by atoms with Crippen molar-refractivity contribution in [2.24, 2.45) is 0 Å². The van der Waals surface area contributed by atoms with Crippen molar-refractivity contribution in [1.82, 2.24) is 0 Å². The number of hydrogen-bond donors (Lipinski definition) is 1. The SMILES string of the molecule is Cc1ccc(C(=O)CCCC(=O)O)cc1.Cc1ccccc1.O=C1CCCC(=O)O1. The lowest BCUT2D eigenvalue weighted by Gasteiger charge is -2.06. The maximum atomic E-state index is 11.5. The van der Waals surface area contributed by atoms with E-state index in [-0.39, 0.29) is 24.1 Å². The molecule has 0 amide bonds. The Hall–Kier alpha value is -3.28. The van der Waals surface area contributed by atoms with Crippen LogP contribution in [0.4, 0.5) is 0 Å². The number of ketones is 1. The first-order valence-corrected chi connectivity index (χ1v) is 9.84. The highest BCUT2D eigenvalue weighted by molar-refractivity contribution is 5.96. The molecular weight excluding hydrogens is 384 g/mol. The summed E-state index contributed by atoms with van der Waals surface area (Å²) in [6.07, 6.45) is 2.20. The molecule has 0 aromatic heterocycles. The summed E-state index contributed by atoms with van der Waals surface area (Å²) in [4.78, 5) is 42.3. The predicted octanol–water partition coefficient (Wildman–Crippen LogP) is 4.67. The lowest BCUT2D eigenvalue weighted by Crippen LogP contribution is -2.17. The number of cyclic esters (lactones) is 2. The zero-order valence-corrected chi connectivity index (χ0v) is 17.4. The molecule has 0 saturated carbocycles. The van der Waals surface area contributed by atoms with E-state index in [1.807, 2.05) is 37.3 Å². The number of Topliss-reactive ketones (excluding diaryl/α,β-unsaturated/α-hetero) is 1. The van der Waals surface area contributed by atoms with E-state index in [2.05, 4.69) is 23.8 Å². The number of carbonyl (C=O) groups is 4. The fraction of sp³-hybridized carbons (Fsp3) is 0.333. The number of carboxylic acids is 1. The van der Waals surface area contributed by atoms with Gasteiger partial charge in [-0.1, -0.05) is 65.7 Å². The Kier molecular flexibility index (Phi) is 11.4. The second kappa shape index (κ2) is 13.8. The number of esters is 2. The maximum Gasteiger partial charge on any atom is 0.313 e. The Labute approximate surface area is 176 Å². The van der Waals surface area contributed by atoms with Crippen LogP contribution in [0.15, 0.2) is 54.6 Å². The third-order valence-electron chi connectivity index (χ3n) is 4.10. The van der Waals surface area contributed by atoms with Crippen LogP contribution in [0.2, 0.25) is 0 Å². The smallest absolute Gasteiger partial charge is 0.313 e. The quantitative estimate of drug-likeness (QED) is 0.435. The number of carbonyl (C=O) groups excluding carboxylic acids is 3. The molecular formula is C24H28O6. The summed E-state index contributed by atoms with van der Waals surface area (Å²) in [7, 11) is 0. The van der Waals surface area contributed by atoms with Crippen molar-refractivity contribution < 1.29 is 29.0 Å². The molecule has 2 aromatic carbocycles. The molecule has 0 bridgehead atoms. The summed E-state index contributed by atoms with van der Waals surface area (Å²) in [6, 6.07) is 17.6. The first kappa shape index (κ1) is 24.8.